The molecule has 1 aliphatic rings. The number of nitrogens with zero attached hydrogens (tertiary/aromatic N) is 2. The van der Waals surface area contributed by atoms with Crippen molar-refractivity contribution in [1.82, 2.24) is 9.55 Å². The number of rotatable bonds is 3. The molecule has 0 unspecified atom stereocenters. The minimum absolute atomic E-state index is 0.383. The van der Waals surface area contributed by atoms with E-state index in [1.54, 1.807) is 12.1 Å². The van der Waals surface area contributed by atoms with Crippen LogP contribution in [0.4, 0.5) is 0 Å². The number of hydrogen-bond acceptors (Lipinski definition) is 2. The van der Waals surface area contributed by atoms with Gasteiger partial charge in [-0.2, -0.15) is 0 Å². The lowest BCUT2D eigenvalue weighted by Gasteiger charge is -2.14. The van der Waals surface area contributed by atoms with Crippen LogP contribution in [0.1, 0.15) is 40.2 Å². The third-order valence-corrected chi connectivity index (χ3v) is 3.70. The second-order valence-electron chi connectivity index (χ2n) is 5.03. The fourth-order valence-corrected chi connectivity index (χ4v) is 2.64. The first-order valence-electron chi connectivity index (χ1n) is 6.65. The minimum Gasteiger partial charge on any atom is -0.366 e. The Kier molecular flexibility index (Phi) is 3.07. The number of hydrogen-bond donors (Lipinski definition) is 1. The largest absolute Gasteiger partial charge is 0.366 e. The molecule has 0 fully saturated rings. The molecule has 1 aromatic heterocycles. The summed E-state index contributed by atoms with van der Waals surface area (Å²) in [6.45, 7) is 0.807. The summed E-state index contributed by atoms with van der Waals surface area (Å²) in [5, 5.41) is 0. The smallest absolute Gasteiger partial charge is 0.248 e. The zero-order chi connectivity index (χ0) is 13.2. The maximum Gasteiger partial charge on any atom is 0.248 e. The Hall–Kier alpha value is -2.10. The molecular formula is C15H17N3O. The summed E-state index contributed by atoms with van der Waals surface area (Å²) in [7, 11) is 0. The number of imidazole rings is 1. The van der Waals surface area contributed by atoms with Crippen molar-refractivity contribution in [2.24, 2.45) is 5.73 Å². The Balaban J connectivity index is 1.81. The van der Waals surface area contributed by atoms with E-state index in [4.69, 9.17) is 5.73 Å². The molecular weight excluding hydrogens is 238 g/mol. The van der Waals surface area contributed by atoms with Gasteiger partial charge in [0.25, 0.3) is 0 Å². The van der Waals surface area contributed by atoms with E-state index >= 15 is 0 Å². The molecule has 98 valence electrons. The molecule has 2 aromatic rings. The number of carbonyl (C=O) groups excluding carboxylic acids is 1. The van der Waals surface area contributed by atoms with Crippen molar-refractivity contribution in [3.05, 3.63) is 53.1 Å². The highest BCUT2D eigenvalue weighted by atomic mass is 16.1. The number of aryl methyl sites for hydroxylation is 1. The van der Waals surface area contributed by atoms with Gasteiger partial charge in [-0.25, -0.2) is 4.98 Å². The normalized spacial score (nSPS) is 14.1. The molecule has 0 radical (unpaired) electrons. The lowest BCUT2D eigenvalue weighted by molar-refractivity contribution is 0.100. The highest BCUT2D eigenvalue weighted by Gasteiger charge is 2.15. The van der Waals surface area contributed by atoms with Crippen LogP contribution in [0.25, 0.3) is 0 Å². The summed E-state index contributed by atoms with van der Waals surface area (Å²) in [4.78, 5) is 15.5. The SMILES string of the molecule is NC(=O)c1ccc(Cn2cnc3c2CCCC3)cc1. The molecule has 0 aliphatic heterocycles. The van der Waals surface area contributed by atoms with Crippen LogP contribution in [-0.4, -0.2) is 15.5 Å². The van der Waals surface area contributed by atoms with Crippen molar-refractivity contribution in [3.63, 3.8) is 0 Å². The number of nitrogens with two attached hydrogens (primary N) is 1. The standard InChI is InChI=1S/C15H17N3O/c16-15(19)12-7-5-11(6-8-12)9-18-10-17-13-3-1-2-4-14(13)18/h5-8,10H,1-4,9H2,(H2,16,19). The van der Waals surface area contributed by atoms with Crippen molar-refractivity contribution in [2.75, 3.05) is 0 Å². The first-order valence-corrected chi connectivity index (χ1v) is 6.65. The van der Waals surface area contributed by atoms with Crippen molar-refractivity contribution in [1.29, 1.82) is 0 Å². The van der Waals surface area contributed by atoms with Gasteiger partial charge in [0, 0.05) is 17.8 Å². The maximum atomic E-state index is 11.0. The second-order valence-corrected chi connectivity index (χ2v) is 5.03. The van der Waals surface area contributed by atoms with Crippen LogP contribution >= 0.6 is 0 Å². The molecule has 0 saturated heterocycles. The number of amides is 1. The van der Waals surface area contributed by atoms with E-state index in [2.05, 4.69) is 9.55 Å². The highest BCUT2D eigenvalue weighted by molar-refractivity contribution is 5.92. The van der Waals surface area contributed by atoms with Crippen molar-refractivity contribution in [3.8, 4) is 0 Å². The first kappa shape index (κ1) is 12.0. The summed E-state index contributed by atoms with van der Waals surface area (Å²) in [5.41, 5.74) is 9.57. The summed E-state index contributed by atoms with van der Waals surface area (Å²) in [6.07, 6.45) is 6.65. The molecule has 0 bridgehead atoms. The van der Waals surface area contributed by atoms with Gasteiger partial charge in [-0.05, 0) is 43.4 Å². The van der Waals surface area contributed by atoms with E-state index in [1.165, 1.54) is 24.2 Å². The van der Waals surface area contributed by atoms with Crippen LogP contribution in [0.3, 0.4) is 0 Å². The van der Waals surface area contributed by atoms with Crippen molar-refractivity contribution >= 4 is 5.91 Å². The first-order chi connectivity index (χ1) is 9.24. The zero-order valence-electron chi connectivity index (χ0n) is 10.8. The third kappa shape index (κ3) is 2.38. The van der Waals surface area contributed by atoms with E-state index in [1.807, 2.05) is 18.5 Å². The van der Waals surface area contributed by atoms with Gasteiger partial charge in [-0.15, -0.1) is 0 Å². The average Bonchev–Trinajstić information content (AvgIpc) is 2.83. The Labute approximate surface area is 112 Å². The van der Waals surface area contributed by atoms with Gasteiger partial charge in [0.05, 0.1) is 12.0 Å². The fourth-order valence-electron chi connectivity index (χ4n) is 2.64. The lowest BCUT2D eigenvalue weighted by Crippen LogP contribution is -2.11. The quantitative estimate of drug-likeness (QED) is 0.910. The van der Waals surface area contributed by atoms with Crippen LogP contribution in [0.5, 0.6) is 0 Å². The van der Waals surface area contributed by atoms with Gasteiger partial charge in [-0.1, -0.05) is 12.1 Å². The molecule has 0 spiro atoms. The van der Waals surface area contributed by atoms with E-state index in [0.29, 0.717) is 5.56 Å². The molecule has 0 atom stereocenters. The van der Waals surface area contributed by atoms with Gasteiger partial charge in [0.2, 0.25) is 5.91 Å². The molecule has 0 saturated carbocycles. The zero-order valence-corrected chi connectivity index (χ0v) is 10.8. The molecule has 2 N–H and O–H groups in total. The molecule has 4 heteroatoms. The Bertz CT molecular complexity index is 598. The molecule has 1 heterocycles. The summed E-state index contributed by atoms with van der Waals surface area (Å²) >= 11 is 0. The number of fused-ring (bicyclic) bond motifs is 1. The van der Waals surface area contributed by atoms with E-state index in [9.17, 15) is 4.79 Å². The molecule has 1 aliphatic carbocycles. The maximum absolute atomic E-state index is 11.0. The Morgan fingerprint density at radius 1 is 1.21 bits per heavy atom. The number of primary amides is 1. The monoisotopic (exact) mass is 255 g/mol. The van der Waals surface area contributed by atoms with Gasteiger partial charge < -0.3 is 10.3 Å². The number of carbonyl (C=O) groups is 1. The highest BCUT2D eigenvalue weighted by Crippen LogP contribution is 2.20. The van der Waals surface area contributed by atoms with Crippen LogP contribution in [-0.2, 0) is 19.4 Å². The van der Waals surface area contributed by atoms with Crippen molar-refractivity contribution in [2.45, 2.75) is 32.2 Å². The van der Waals surface area contributed by atoms with E-state index < -0.39 is 0 Å². The van der Waals surface area contributed by atoms with Gasteiger partial charge in [0.1, 0.15) is 0 Å². The van der Waals surface area contributed by atoms with Gasteiger partial charge in [-0.3, -0.25) is 4.79 Å². The average molecular weight is 255 g/mol. The Morgan fingerprint density at radius 3 is 2.68 bits per heavy atom. The molecule has 3 rings (SSSR count). The number of benzene rings is 1. The summed E-state index contributed by atoms with van der Waals surface area (Å²) < 4.78 is 2.22. The fraction of sp³-hybridized carbons (Fsp3) is 0.333. The molecule has 1 aromatic carbocycles. The molecule has 4 nitrogen and oxygen atoms in total. The molecule has 19 heavy (non-hydrogen) atoms. The van der Waals surface area contributed by atoms with E-state index in [0.717, 1.165) is 24.9 Å². The molecule has 1 amide bonds. The lowest BCUT2D eigenvalue weighted by atomic mass is 10.0. The second kappa shape index (κ2) is 4.88. The van der Waals surface area contributed by atoms with Crippen LogP contribution < -0.4 is 5.73 Å². The predicted octanol–water partition coefficient (Wildman–Crippen LogP) is 1.91. The van der Waals surface area contributed by atoms with Crippen molar-refractivity contribution < 1.29 is 4.79 Å². The topological polar surface area (TPSA) is 60.9 Å². The van der Waals surface area contributed by atoms with Crippen LogP contribution in [0, 0.1) is 0 Å². The summed E-state index contributed by atoms with van der Waals surface area (Å²) in [6, 6.07) is 7.46. The predicted molar refractivity (Wildman–Crippen MR) is 72.9 cm³/mol. The van der Waals surface area contributed by atoms with Crippen LogP contribution in [0.15, 0.2) is 30.6 Å². The third-order valence-electron chi connectivity index (χ3n) is 3.70. The van der Waals surface area contributed by atoms with E-state index in [-0.39, 0.29) is 5.91 Å². The number of aromatic nitrogens is 2. The Morgan fingerprint density at radius 2 is 1.95 bits per heavy atom. The van der Waals surface area contributed by atoms with Gasteiger partial charge >= 0.3 is 0 Å². The minimum atomic E-state index is -0.383. The van der Waals surface area contributed by atoms with Crippen LogP contribution in [0.2, 0.25) is 0 Å². The van der Waals surface area contributed by atoms with Gasteiger partial charge in [0.15, 0.2) is 0 Å². The summed E-state index contributed by atoms with van der Waals surface area (Å²) in [5.74, 6) is -0.383.